The van der Waals surface area contributed by atoms with Crippen molar-refractivity contribution in [3.63, 3.8) is 0 Å². The van der Waals surface area contributed by atoms with Crippen LogP contribution in [0.25, 0.3) is 10.4 Å². The molecule has 3 atom stereocenters. The Morgan fingerprint density at radius 2 is 2.12 bits per heavy atom. The molecule has 9 nitrogen and oxygen atoms in total. The fourth-order valence-electron chi connectivity index (χ4n) is 1.34. The van der Waals surface area contributed by atoms with Crippen molar-refractivity contribution in [2.45, 2.75) is 30.6 Å². The molecule has 3 unspecified atom stereocenters. The summed E-state index contributed by atoms with van der Waals surface area (Å²) in [5, 5.41) is 4.78. The maximum Gasteiger partial charge on any atom is 0.255 e. The molecule has 1 N–H and O–H groups in total. The first-order valence-electron chi connectivity index (χ1n) is 6.29. The lowest BCUT2D eigenvalue weighted by Gasteiger charge is -2.21. The van der Waals surface area contributed by atoms with Gasteiger partial charge in [0, 0.05) is 23.5 Å². The van der Waals surface area contributed by atoms with Crippen LogP contribution in [0.1, 0.15) is 26.7 Å². The van der Waals surface area contributed by atoms with E-state index in [0.717, 1.165) is 31.6 Å². The number of azide groups is 1. The molecular formula is C9H14N6O3S6. The molecule has 0 radical (unpaired) electrons. The number of imide groups is 1. The van der Waals surface area contributed by atoms with Crippen LogP contribution in [0.15, 0.2) is 9.62 Å². The van der Waals surface area contributed by atoms with E-state index in [-0.39, 0.29) is 12.8 Å². The van der Waals surface area contributed by atoms with Crippen molar-refractivity contribution in [2.24, 2.45) is 9.62 Å². The standard InChI is InChI=1S/C9H14N6O3S6/c1-6(2)12-11-5-23(20)9(21-14-13-10)24(22-19)18-15-7(16)3-4-8(15)17/h9,11H,3-5H2,1-2H3. The number of nitrogens with one attached hydrogen (secondary N) is 1. The summed E-state index contributed by atoms with van der Waals surface area (Å²) in [7, 11) is -0.974. The third-order valence-electron chi connectivity index (χ3n) is 2.27. The first-order chi connectivity index (χ1) is 11.4. The van der Waals surface area contributed by atoms with Gasteiger partial charge >= 0.3 is 0 Å². The van der Waals surface area contributed by atoms with Crippen molar-refractivity contribution in [2.75, 3.05) is 5.88 Å². The van der Waals surface area contributed by atoms with Crippen LogP contribution in [0, 0.1) is 0 Å². The number of hydroxylamine groups is 2. The number of rotatable bonds is 9. The normalized spacial score (nSPS) is 17.7. The third-order valence-corrected chi connectivity index (χ3v) is 11.9. The Morgan fingerprint density at radius 1 is 1.50 bits per heavy atom. The molecule has 24 heavy (non-hydrogen) atoms. The zero-order valence-corrected chi connectivity index (χ0v) is 17.5. The van der Waals surface area contributed by atoms with E-state index in [1.165, 1.54) is 0 Å². The maximum atomic E-state index is 11.7. The van der Waals surface area contributed by atoms with Gasteiger partial charge in [-0.3, -0.25) is 15.0 Å². The summed E-state index contributed by atoms with van der Waals surface area (Å²) >= 11 is 11.3. The third kappa shape index (κ3) is 6.84. The molecule has 0 bridgehead atoms. The predicted molar refractivity (Wildman–Crippen MR) is 106 cm³/mol. The van der Waals surface area contributed by atoms with Crippen LogP contribution in [-0.4, -0.2) is 32.4 Å². The van der Waals surface area contributed by atoms with Gasteiger partial charge in [0.2, 0.25) is 0 Å². The van der Waals surface area contributed by atoms with Crippen LogP contribution in [0.5, 0.6) is 0 Å². The van der Waals surface area contributed by atoms with Gasteiger partial charge in [-0.25, -0.2) is 0 Å². The van der Waals surface area contributed by atoms with E-state index >= 15 is 0 Å². The smallest absolute Gasteiger partial charge is 0.255 e. The van der Waals surface area contributed by atoms with Gasteiger partial charge in [-0.1, -0.05) is 9.45 Å². The Kier molecular flexibility index (Phi) is 10.1. The number of nitrogens with zero attached hydrogens (tertiary/aromatic N) is 5. The van der Waals surface area contributed by atoms with Crippen molar-refractivity contribution in [3.05, 3.63) is 10.4 Å². The Labute approximate surface area is 160 Å². The highest BCUT2D eigenvalue weighted by Gasteiger charge is 2.33. The van der Waals surface area contributed by atoms with Crippen molar-refractivity contribution in [1.29, 1.82) is 0 Å². The second-order valence-corrected chi connectivity index (χ2v) is 12.7. The van der Waals surface area contributed by atoms with Gasteiger partial charge in [-0.15, -0.1) is 5.06 Å². The average Bonchev–Trinajstić information content (AvgIpc) is 2.85. The van der Waals surface area contributed by atoms with Crippen LogP contribution in [0.4, 0.5) is 0 Å². The summed E-state index contributed by atoms with van der Waals surface area (Å²) in [4.78, 5) is 26.1. The Bertz CT molecular complexity index is 651. The first-order valence-corrected chi connectivity index (χ1v) is 13.0. The summed E-state index contributed by atoms with van der Waals surface area (Å²) in [6.45, 7) is 3.66. The van der Waals surface area contributed by atoms with Gasteiger partial charge in [0.15, 0.2) is 0 Å². The zero-order valence-electron chi connectivity index (χ0n) is 12.6. The number of hydrogen-bond acceptors (Lipinski definition) is 9. The molecule has 1 saturated heterocycles. The van der Waals surface area contributed by atoms with Crippen molar-refractivity contribution < 1.29 is 13.9 Å². The summed E-state index contributed by atoms with van der Waals surface area (Å²) < 4.78 is 8.46. The van der Waals surface area contributed by atoms with Gasteiger partial charge in [0.1, 0.15) is 3.91 Å². The molecule has 0 saturated carbocycles. The fraction of sp³-hybridized carbons (Fsp3) is 0.667. The molecule has 1 rings (SSSR count). The van der Waals surface area contributed by atoms with Crippen LogP contribution in [0.3, 0.4) is 0 Å². The van der Waals surface area contributed by atoms with Crippen LogP contribution < -0.4 is 5.43 Å². The van der Waals surface area contributed by atoms with E-state index in [4.69, 9.17) is 32.2 Å². The van der Waals surface area contributed by atoms with E-state index in [9.17, 15) is 9.59 Å². The van der Waals surface area contributed by atoms with E-state index in [0.29, 0.717) is 5.88 Å². The molecule has 1 aliphatic heterocycles. The Balaban J connectivity index is 2.90. The van der Waals surface area contributed by atoms with Crippen LogP contribution in [0.2, 0.25) is 0 Å². The second kappa shape index (κ2) is 11.3. The molecule has 1 fully saturated rings. The largest absolute Gasteiger partial charge is 0.300 e. The van der Waals surface area contributed by atoms with Crippen LogP contribution in [-0.2, 0) is 64.3 Å². The second-order valence-electron chi connectivity index (χ2n) is 4.29. The van der Waals surface area contributed by atoms with E-state index in [1.54, 1.807) is 0 Å². The Hall–Kier alpha value is -0.410. The highest BCUT2D eigenvalue weighted by molar-refractivity contribution is 8.54. The summed E-state index contributed by atoms with van der Waals surface area (Å²) in [5.74, 6) is -0.491. The fourth-order valence-corrected chi connectivity index (χ4v) is 10.2. The molecule has 0 aromatic rings. The lowest BCUT2D eigenvalue weighted by atomic mass is 10.4. The highest BCUT2D eigenvalue weighted by atomic mass is 33.1. The predicted octanol–water partition coefficient (Wildman–Crippen LogP) is 1.32. The Morgan fingerprint density at radius 3 is 2.62 bits per heavy atom. The number of carbonyl (C=O) groups excluding carboxylic acids is 2. The maximum absolute atomic E-state index is 11.7. The quantitative estimate of drug-likeness (QED) is 0.108. The SMILES string of the molecule is CC(C)=NNCS(=S)C(SN=[N+]=[N-])S(ON1C(=O)CCC1=O)=S=S. The summed E-state index contributed by atoms with van der Waals surface area (Å²) in [6.07, 6.45) is 0.218. The van der Waals surface area contributed by atoms with Crippen molar-refractivity contribution >= 4 is 79.9 Å². The number of hydrazone groups is 1. The zero-order chi connectivity index (χ0) is 18.1. The minimum atomic E-state index is -1.11. The average molecular weight is 447 g/mol. The van der Waals surface area contributed by atoms with Gasteiger partial charge in [0.05, 0.1) is 15.6 Å². The minimum absolute atomic E-state index is 0.109. The molecule has 0 aliphatic carbocycles. The lowest BCUT2D eigenvalue weighted by molar-refractivity contribution is -0.162. The monoisotopic (exact) mass is 446 g/mol. The molecule has 1 heterocycles. The molecule has 15 heteroatoms. The van der Waals surface area contributed by atoms with Gasteiger partial charge in [0.25, 0.3) is 11.8 Å². The number of amides is 2. The van der Waals surface area contributed by atoms with Crippen LogP contribution >= 0.6 is 11.9 Å². The number of carbonyl (C=O) groups is 2. The highest BCUT2D eigenvalue weighted by Crippen LogP contribution is 2.24. The summed E-state index contributed by atoms with van der Waals surface area (Å²) in [6, 6.07) is 0. The van der Waals surface area contributed by atoms with Gasteiger partial charge in [-0.2, -0.15) is 9.39 Å². The van der Waals surface area contributed by atoms with E-state index < -0.39 is 34.9 Å². The first kappa shape index (κ1) is 21.6. The van der Waals surface area contributed by atoms with Gasteiger partial charge < -0.3 is 0 Å². The lowest BCUT2D eigenvalue weighted by Crippen LogP contribution is -2.34. The summed E-state index contributed by atoms with van der Waals surface area (Å²) in [5.41, 5.74) is 12.2. The number of hydrogen-bond donors (Lipinski definition) is 1. The van der Waals surface area contributed by atoms with Gasteiger partial charge in [-0.05, 0) is 67.1 Å². The molecule has 0 aromatic heterocycles. The topological polar surface area (TPSA) is 120 Å². The molecule has 2 amide bonds. The van der Waals surface area contributed by atoms with Crippen molar-refractivity contribution in [3.8, 4) is 0 Å². The molecule has 134 valence electrons. The molecular weight excluding hydrogens is 433 g/mol. The van der Waals surface area contributed by atoms with E-state index in [1.807, 2.05) is 13.8 Å². The molecule has 0 aromatic carbocycles. The van der Waals surface area contributed by atoms with E-state index in [2.05, 4.69) is 20.0 Å². The minimum Gasteiger partial charge on any atom is -0.300 e. The molecule has 1 aliphatic rings. The van der Waals surface area contributed by atoms with Crippen molar-refractivity contribution in [1.82, 2.24) is 10.5 Å². The molecule has 0 spiro atoms.